The number of benzene rings is 1. The Morgan fingerprint density at radius 3 is 2.65 bits per heavy atom. The fourth-order valence-electron chi connectivity index (χ4n) is 1.56. The number of aromatic nitrogens is 2. The Kier molecular flexibility index (Phi) is 4.45. The van der Waals surface area contributed by atoms with Crippen LogP contribution in [0.15, 0.2) is 40.0 Å². The van der Waals surface area contributed by atoms with Gasteiger partial charge in [-0.2, -0.15) is 10.2 Å². The van der Waals surface area contributed by atoms with Crippen molar-refractivity contribution in [2.75, 3.05) is 6.54 Å². The Morgan fingerprint density at radius 2 is 2.05 bits per heavy atom. The van der Waals surface area contributed by atoms with Crippen molar-refractivity contribution in [2.45, 2.75) is 17.7 Å². The smallest absolute Gasteiger partial charge is 0.240 e. The predicted octanol–water partition coefficient (Wildman–Crippen LogP) is 0.657. The standard InChI is InChI=1S/C12H12N4O3S/c13-7-5-10-1-3-11(4-2-10)20(17,18)16-8-6-12-14-9-15-19-12/h1-4,9,16H,5-6,8H2. The van der Waals surface area contributed by atoms with Crippen LogP contribution in [0, 0.1) is 11.3 Å². The van der Waals surface area contributed by atoms with Crippen molar-refractivity contribution in [1.82, 2.24) is 14.9 Å². The molecule has 20 heavy (non-hydrogen) atoms. The summed E-state index contributed by atoms with van der Waals surface area (Å²) in [5, 5.41) is 12.0. The molecule has 0 bridgehead atoms. The number of nitriles is 1. The zero-order valence-corrected chi connectivity index (χ0v) is 11.3. The van der Waals surface area contributed by atoms with Gasteiger partial charge in [0, 0.05) is 13.0 Å². The highest BCUT2D eigenvalue weighted by Gasteiger charge is 2.13. The van der Waals surface area contributed by atoms with E-state index in [1.807, 2.05) is 6.07 Å². The van der Waals surface area contributed by atoms with E-state index in [0.717, 1.165) is 5.56 Å². The van der Waals surface area contributed by atoms with Crippen LogP contribution in [0.4, 0.5) is 0 Å². The first-order chi connectivity index (χ1) is 9.62. The van der Waals surface area contributed by atoms with Gasteiger partial charge in [-0.05, 0) is 17.7 Å². The molecule has 2 rings (SSSR count). The molecule has 1 aromatic heterocycles. The molecule has 0 saturated heterocycles. The van der Waals surface area contributed by atoms with E-state index in [9.17, 15) is 8.42 Å². The Labute approximate surface area is 116 Å². The van der Waals surface area contributed by atoms with Gasteiger partial charge in [0.15, 0.2) is 6.33 Å². The molecule has 0 radical (unpaired) electrons. The molecular formula is C12H12N4O3S. The van der Waals surface area contributed by atoms with E-state index in [1.54, 1.807) is 12.1 Å². The van der Waals surface area contributed by atoms with E-state index in [-0.39, 0.29) is 17.9 Å². The third-order valence-corrected chi connectivity index (χ3v) is 4.03. The van der Waals surface area contributed by atoms with Gasteiger partial charge in [0.1, 0.15) is 0 Å². The third kappa shape index (κ3) is 3.63. The van der Waals surface area contributed by atoms with E-state index >= 15 is 0 Å². The number of sulfonamides is 1. The molecule has 0 spiro atoms. The second-order valence-corrected chi connectivity index (χ2v) is 5.73. The van der Waals surface area contributed by atoms with Gasteiger partial charge in [-0.25, -0.2) is 13.1 Å². The summed E-state index contributed by atoms with van der Waals surface area (Å²) >= 11 is 0. The summed E-state index contributed by atoms with van der Waals surface area (Å²) in [5.41, 5.74) is 0.775. The first-order valence-electron chi connectivity index (χ1n) is 5.83. The normalized spacial score (nSPS) is 11.2. The van der Waals surface area contributed by atoms with Crippen molar-refractivity contribution in [3.63, 3.8) is 0 Å². The molecule has 7 nitrogen and oxygen atoms in total. The zero-order chi connectivity index (χ0) is 14.4. The summed E-state index contributed by atoms with van der Waals surface area (Å²) in [6.45, 7) is 0.171. The Hall–Kier alpha value is -2.24. The molecule has 0 aliphatic heterocycles. The number of nitrogens with zero attached hydrogens (tertiary/aromatic N) is 3. The van der Waals surface area contributed by atoms with E-state index in [4.69, 9.17) is 9.78 Å². The van der Waals surface area contributed by atoms with Crippen LogP contribution in [-0.4, -0.2) is 25.1 Å². The molecule has 2 aromatic rings. The Balaban J connectivity index is 1.97. The van der Waals surface area contributed by atoms with Crippen molar-refractivity contribution in [3.05, 3.63) is 42.0 Å². The molecule has 0 aliphatic carbocycles. The quantitative estimate of drug-likeness (QED) is 0.837. The number of hydrogen-bond donors (Lipinski definition) is 1. The summed E-state index contributed by atoms with van der Waals surface area (Å²) in [5.74, 6) is 0.372. The lowest BCUT2D eigenvalue weighted by Gasteiger charge is -2.05. The molecule has 0 unspecified atom stereocenters. The Morgan fingerprint density at radius 1 is 1.30 bits per heavy atom. The highest BCUT2D eigenvalue weighted by Crippen LogP contribution is 2.10. The summed E-state index contributed by atoms with van der Waals surface area (Å²) in [6, 6.07) is 8.19. The SMILES string of the molecule is N#CCc1ccc(S(=O)(=O)NCCc2ncno2)cc1. The minimum absolute atomic E-state index is 0.157. The fourth-order valence-corrected chi connectivity index (χ4v) is 2.59. The van der Waals surface area contributed by atoms with Gasteiger partial charge in [-0.1, -0.05) is 17.3 Å². The fraction of sp³-hybridized carbons (Fsp3) is 0.250. The van der Waals surface area contributed by atoms with Crippen molar-refractivity contribution in [1.29, 1.82) is 5.26 Å². The van der Waals surface area contributed by atoms with E-state index in [2.05, 4.69) is 14.9 Å². The van der Waals surface area contributed by atoms with Crippen LogP contribution in [0.2, 0.25) is 0 Å². The van der Waals surface area contributed by atoms with Crippen LogP contribution in [0.25, 0.3) is 0 Å². The number of rotatable bonds is 6. The number of hydrogen-bond acceptors (Lipinski definition) is 6. The molecule has 8 heteroatoms. The van der Waals surface area contributed by atoms with Gasteiger partial charge < -0.3 is 4.52 Å². The highest BCUT2D eigenvalue weighted by molar-refractivity contribution is 7.89. The minimum Gasteiger partial charge on any atom is -0.340 e. The summed E-state index contributed by atoms with van der Waals surface area (Å²) in [7, 11) is -3.57. The van der Waals surface area contributed by atoms with E-state index in [0.29, 0.717) is 12.3 Å². The first-order valence-corrected chi connectivity index (χ1v) is 7.31. The van der Waals surface area contributed by atoms with Gasteiger partial charge in [0.05, 0.1) is 17.4 Å². The molecular weight excluding hydrogens is 280 g/mol. The molecule has 1 heterocycles. The van der Waals surface area contributed by atoms with Gasteiger partial charge in [0.2, 0.25) is 15.9 Å². The highest BCUT2D eigenvalue weighted by atomic mass is 32.2. The van der Waals surface area contributed by atoms with Gasteiger partial charge in [-0.3, -0.25) is 0 Å². The third-order valence-electron chi connectivity index (χ3n) is 2.55. The lowest BCUT2D eigenvalue weighted by atomic mass is 10.2. The van der Waals surface area contributed by atoms with Gasteiger partial charge >= 0.3 is 0 Å². The van der Waals surface area contributed by atoms with Crippen molar-refractivity contribution < 1.29 is 12.9 Å². The van der Waals surface area contributed by atoms with E-state index < -0.39 is 10.0 Å². The van der Waals surface area contributed by atoms with Crippen molar-refractivity contribution >= 4 is 10.0 Å². The second-order valence-electron chi connectivity index (χ2n) is 3.96. The lowest BCUT2D eigenvalue weighted by Crippen LogP contribution is -2.26. The monoisotopic (exact) mass is 292 g/mol. The number of nitrogens with one attached hydrogen (secondary N) is 1. The average Bonchev–Trinajstić information content (AvgIpc) is 2.93. The lowest BCUT2D eigenvalue weighted by molar-refractivity contribution is 0.377. The maximum atomic E-state index is 12.0. The van der Waals surface area contributed by atoms with Crippen LogP contribution < -0.4 is 4.72 Å². The molecule has 0 aliphatic rings. The van der Waals surface area contributed by atoms with Crippen LogP contribution in [0.3, 0.4) is 0 Å². The van der Waals surface area contributed by atoms with Crippen molar-refractivity contribution in [3.8, 4) is 6.07 Å². The topological polar surface area (TPSA) is 109 Å². The van der Waals surface area contributed by atoms with Crippen LogP contribution in [0.1, 0.15) is 11.5 Å². The first kappa shape index (κ1) is 14.2. The van der Waals surface area contributed by atoms with Gasteiger partial charge in [0.25, 0.3) is 0 Å². The largest absolute Gasteiger partial charge is 0.340 e. The summed E-state index contributed by atoms with van der Waals surface area (Å²) in [6.07, 6.45) is 1.84. The molecule has 0 fully saturated rings. The van der Waals surface area contributed by atoms with Gasteiger partial charge in [-0.15, -0.1) is 0 Å². The van der Waals surface area contributed by atoms with E-state index in [1.165, 1.54) is 18.5 Å². The maximum Gasteiger partial charge on any atom is 0.240 e. The van der Waals surface area contributed by atoms with Crippen LogP contribution >= 0.6 is 0 Å². The maximum absolute atomic E-state index is 12.0. The average molecular weight is 292 g/mol. The molecule has 1 aromatic carbocycles. The summed E-state index contributed by atoms with van der Waals surface area (Å²) in [4.78, 5) is 3.95. The summed E-state index contributed by atoms with van der Waals surface area (Å²) < 4.78 is 31.2. The molecule has 1 N–H and O–H groups in total. The molecule has 0 amide bonds. The Bertz CT molecular complexity index is 687. The zero-order valence-electron chi connectivity index (χ0n) is 10.5. The van der Waals surface area contributed by atoms with Crippen LogP contribution in [-0.2, 0) is 22.9 Å². The minimum atomic E-state index is -3.57. The van der Waals surface area contributed by atoms with Crippen molar-refractivity contribution in [2.24, 2.45) is 0 Å². The predicted molar refractivity (Wildman–Crippen MR) is 68.9 cm³/mol. The second kappa shape index (κ2) is 6.27. The molecule has 0 atom stereocenters. The molecule has 0 saturated carbocycles. The van der Waals surface area contributed by atoms with Crippen LogP contribution in [0.5, 0.6) is 0 Å². The molecule has 104 valence electrons.